The highest BCUT2D eigenvalue weighted by Gasteiger charge is 2.00. The Morgan fingerprint density at radius 3 is 2.29 bits per heavy atom. The molecule has 17 heavy (non-hydrogen) atoms. The van der Waals surface area contributed by atoms with Crippen LogP contribution in [0.15, 0.2) is 24.3 Å². The van der Waals surface area contributed by atoms with Crippen molar-refractivity contribution in [3.05, 3.63) is 47.0 Å². The predicted octanol–water partition coefficient (Wildman–Crippen LogP) is 2.41. The summed E-state index contributed by atoms with van der Waals surface area (Å²) in [7, 11) is 0. The summed E-state index contributed by atoms with van der Waals surface area (Å²) >= 11 is 0. The van der Waals surface area contributed by atoms with Crippen molar-refractivity contribution in [2.45, 2.75) is 27.3 Å². The molecule has 1 N–H and O–H groups in total. The highest BCUT2D eigenvalue weighted by molar-refractivity contribution is 5.28. The number of pyridine rings is 1. The van der Waals surface area contributed by atoms with Crippen LogP contribution in [0, 0.1) is 20.8 Å². The lowest BCUT2D eigenvalue weighted by Crippen LogP contribution is -2.06. The fraction of sp³-hybridized carbons (Fsp3) is 0.308. The summed E-state index contributed by atoms with van der Waals surface area (Å²) in [6.45, 7) is 6.55. The molecule has 4 nitrogen and oxygen atoms in total. The third-order valence-corrected chi connectivity index (χ3v) is 2.36. The quantitative estimate of drug-likeness (QED) is 0.876. The molecular formula is C13H16N4. The van der Waals surface area contributed by atoms with Crippen molar-refractivity contribution < 1.29 is 0 Å². The van der Waals surface area contributed by atoms with Crippen LogP contribution >= 0.6 is 0 Å². The van der Waals surface area contributed by atoms with Crippen LogP contribution in [0.2, 0.25) is 0 Å². The lowest BCUT2D eigenvalue weighted by Gasteiger charge is -2.06. The lowest BCUT2D eigenvalue weighted by atomic mass is 10.3. The maximum Gasteiger partial charge on any atom is 0.223 e. The van der Waals surface area contributed by atoms with E-state index in [-0.39, 0.29) is 0 Å². The molecule has 2 heterocycles. The molecule has 2 aromatic rings. The Morgan fingerprint density at radius 2 is 1.65 bits per heavy atom. The topological polar surface area (TPSA) is 50.7 Å². The first-order valence-electron chi connectivity index (χ1n) is 5.62. The molecular weight excluding hydrogens is 212 g/mol. The molecule has 0 spiro atoms. The summed E-state index contributed by atoms with van der Waals surface area (Å²) in [6.07, 6.45) is 0. The van der Waals surface area contributed by atoms with Gasteiger partial charge in [0.25, 0.3) is 0 Å². The summed E-state index contributed by atoms with van der Waals surface area (Å²) < 4.78 is 0. The highest BCUT2D eigenvalue weighted by Crippen LogP contribution is 2.06. The molecule has 0 radical (unpaired) electrons. The van der Waals surface area contributed by atoms with E-state index < -0.39 is 0 Å². The predicted molar refractivity (Wildman–Crippen MR) is 67.8 cm³/mol. The van der Waals surface area contributed by atoms with Crippen molar-refractivity contribution in [3.63, 3.8) is 0 Å². The van der Waals surface area contributed by atoms with Gasteiger partial charge in [-0.1, -0.05) is 6.07 Å². The van der Waals surface area contributed by atoms with Crippen LogP contribution < -0.4 is 5.32 Å². The number of nitrogens with zero attached hydrogens (tertiary/aromatic N) is 3. The number of hydrogen-bond acceptors (Lipinski definition) is 4. The maximum atomic E-state index is 4.42. The van der Waals surface area contributed by atoms with Crippen LogP contribution in [0.25, 0.3) is 0 Å². The molecule has 0 bridgehead atoms. The van der Waals surface area contributed by atoms with Gasteiger partial charge in [0.2, 0.25) is 5.95 Å². The smallest absolute Gasteiger partial charge is 0.223 e. The van der Waals surface area contributed by atoms with E-state index in [4.69, 9.17) is 0 Å². The minimum absolute atomic E-state index is 0.643. The van der Waals surface area contributed by atoms with E-state index in [1.807, 2.05) is 45.0 Å². The van der Waals surface area contributed by atoms with Gasteiger partial charge in [0, 0.05) is 17.1 Å². The monoisotopic (exact) mass is 228 g/mol. The van der Waals surface area contributed by atoms with Crippen molar-refractivity contribution >= 4 is 5.95 Å². The maximum absolute atomic E-state index is 4.42. The Morgan fingerprint density at radius 1 is 0.941 bits per heavy atom. The Kier molecular flexibility index (Phi) is 3.32. The zero-order chi connectivity index (χ0) is 12.3. The van der Waals surface area contributed by atoms with E-state index in [0.717, 1.165) is 22.8 Å². The number of anilines is 1. The molecule has 0 aliphatic heterocycles. The van der Waals surface area contributed by atoms with Gasteiger partial charge < -0.3 is 5.32 Å². The van der Waals surface area contributed by atoms with Gasteiger partial charge in [-0.05, 0) is 39.0 Å². The van der Waals surface area contributed by atoms with E-state index in [2.05, 4.69) is 20.3 Å². The van der Waals surface area contributed by atoms with Gasteiger partial charge in [0.1, 0.15) is 0 Å². The molecule has 0 aliphatic rings. The lowest BCUT2D eigenvalue weighted by molar-refractivity contribution is 0.963. The van der Waals surface area contributed by atoms with Crippen LogP contribution in [0.3, 0.4) is 0 Å². The van der Waals surface area contributed by atoms with Gasteiger partial charge in [0.05, 0.1) is 12.2 Å². The van der Waals surface area contributed by atoms with Crippen LogP contribution in [-0.2, 0) is 6.54 Å². The number of hydrogen-bond donors (Lipinski definition) is 1. The van der Waals surface area contributed by atoms with Gasteiger partial charge in [-0.3, -0.25) is 4.98 Å². The minimum Gasteiger partial charge on any atom is -0.349 e. The second-order valence-corrected chi connectivity index (χ2v) is 4.10. The molecule has 0 amide bonds. The first-order chi connectivity index (χ1) is 8.13. The Labute approximate surface area is 101 Å². The standard InChI is InChI=1S/C13H16N4/c1-9-5-4-6-12(15-9)8-14-13-16-10(2)7-11(3)17-13/h4-7H,8H2,1-3H3,(H,14,16,17). The van der Waals surface area contributed by atoms with Crippen molar-refractivity contribution in [2.75, 3.05) is 5.32 Å². The van der Waals surface area contributed by atoms with E-state index >= 15 is 0 Å². The van der Waals surface area contributed by atoms with E-state index in [9.17, 15) is 0 Å². The average Bonchev–Trinajstić information content (AvgIpc) is 2.25. The Hall–Kier alpha value is -1.97. The van der Waals surface area contributed by atoms with Crippen LogP contribution in [0.1, 0.15) is 22.8 Å². The van der Waals surface area contributed by atoms with Crippen molar-refractivity contribution in [2.24, 2.45) is 0 Å². The SMILES string of the molecule is Cc1cccc(CNc2nc(C)cc(C)n2)n1. The van der Waals surface area contributed by atoms with Gasteiger partial charge in [-0.2, -0.15) is 0 Å². The third-order valence-electron chi connectivity index (χ3n) is 2.36. The van der Waals surface area contributed by atoms with Gasteiger partial charge in [0.15, 0.2) is 0 Å². The van der Waals surface area contributed by atoms with Gasteiger partial charge in [-0.25, -0.2) is 9.97 Å². The summed E-state index contributed by atoms with van der Waals surface area (Å²) in [6, 6.07) is 7.93. The molecule has 0 unspecified atom stereocenters. The fourth-order valence-electron chi connectivity index (χ4n) is 1.67. The van der Waals surface area contributed by atoms with Crippen LogP contribution in [0.4, 0.5) is 5.95 Å². The first kappa shape index (κ1) is 11.5. The fourth-order valence-corrected chi connectivity index (χ4v) is 1.67. The Balaban J connectivity index is 2.07. The number of aryl methyl sites for hydroxylation is 3. The highest BCUT2D eigenvalue weighted by atomic mass is 15.1. The zero-order valence-corrected chi connectivity index (χ0v) is 10.4. The largest absolute Gasteiger partial charge is 0.349 e. The van der Waals surface area contributed by atoms with E-state index in [1.54, 1.807) is 0 Å². The van der Waals surface area contributed by atoms with Gasteiger partial charge >= 0.3 is 0 Å². The van der Waals surface area contributed by atoms with Gasteiger partial charge in [-0.15, -0.1) is 0 Å². The second-order valence-electron chi connectivity index (χ2n) is 4.10. The molecule has 0 saturated heterocycles. The zero-order valence-electron chi connectivity index (χ0n) is 10.4. The molecule has 2 rings (SSSR count). The summed E-state index contributed by atoms with van der Waals surface area (Å²) in [5, 5.41) is 3.19. The summed E-state index contributed by atoms with van der Waals surface area (Å²) in [5.74, 6) is 0.658. The van der Waals surface area contributed by atoms with Crippen molar-refractivity contribution in [1.29, 1.82) is 0 Å². The van der Waals surface area contributed by atoms with E-state index in [0.29, 0.717) is 12.5 Å². The minimum atomic E-state index is 0.643. The number of rotatable bonds is 3. The average molecular weight is 228 g/mol. The first-order valence-corrected chi connectivity index (χ1v) is 5.62. The third kappa shape index (κ3) is 3.24. The summed E-state index contributed by atoms with van der Waals surface area (Å²) in [5.41, 5.74) is 3.95. The van der Waals surface area contributed by atoms with Crippen molar-refractivity contribution in [1.82, 2.24) is 15.0 Å². The van der Waals surface area contributed by atoms with E-state index in [1.165, 1.54) is 0 Å². The number of nitrogens with one attached hydrogen (secondary N) is 1. The molecule has 0 atom stereocenters. The molecule has 88 valence electrons. The van der Waals surface area contributed by atoms with Crippen molar-refractivity contribution in [3.8, 4) is 0 Å². The molecule has 0 aromatic carbocycles. The second kappa shape index (κ2) is 4.91. The normalized spacial score (nSPS) is 10.3. The molecule has 0 fully saturated rings. The molecule has 0 aliphatic carbocycles. The van der Waals surface area contributed by atoms with Crippen LogP contribution in [0.5, 0.6) is 0 Å². The Bertz CT molecular complexity index is 502. The molecule has 2 aromatic heterocycles. The van der Waals surface area contributed by atoms with Crippen LogP contribution in [-0.4, -0.2) is 15.0 Å². The number of aromatic nitrogens is 3. The molecule has 4 heteroatoms. The summed E-state index contributed by atoms with van der Waals surface area (Å²) in [4.78, 5) is 13.1. The molecule has 0 saturated carbocycles.